The van der Waals surface area contributed by atoms with Gasteiger partial charge >= 0.3 is 0 Å². The molecule has 0 bridgehead atoms. The first-order valence-corrected chi connectivity index (χ1v) is 52.8. The highest BCUT2D eigenvalue weighted by Gasteiger charge is 2.25. The molecule has 0 aliphatic heterocycles. The lowest BCUT2D eigenvalue weighted by Gasteiger charge is -2.09. The summed E-state index contributed by atoms with van der Waals surface area (Å²) in [4.78, 5) is 25.0. The van der Waals surface area contributed by atoms with Gasteiger partial charge < -0.3 is 0 Å². The van der Waals surface area contributed by atoms with Crippen LogP contribution < -0.4 is 0 Å². The second-order valence-corrected chi connectivity index (χ2v) is 45.8. The molecule has 0 N–H and O–H groups in total. The maximum absolute atomic E-state index is 2.39. The van der Waals surface area contributed by atoms with Crippen LogP contribution in [-0.2, 0) is 0 Å². The van der Waals surface area contributed by atoms with Crippen LogP contribution in [0.15, 0.2) is 182 Å². The lowest BCUT2D eigenvalue weighted by molar-refractivity contribution is 1.50. The van der Waals surface area contributed by atoms with Crippen LogP contribution in [0.25, 0.3) is 175 Å². The van der Waals surface area contributed by atoms with E-state index < -0.39 is 0 Å². The van der Waals surface area contributed by atoms with Gasteiger partial charge in [0.15, 0.2) is 0 Å². The van der Waals surface area contributed by atoms with Crippen LogP contribution in [0.2, 0.25) is 0 Å². The van der Waals surface area contributed by atoms with E-state index >= 15 is 0 Å². The van der Waals surface area contributed by atoms with Gasteiger partial charge in [0.2, 0.25) is 0 Å². The summed E-state index contributed by atoms with van der Waals surface area (Å²) in [5, 5.41) is 22.3. The van der Waals surface area contributed by atoms with Gasteiger partial charge in [0.1, 0.15) is 0 Å². The summed E-state index contributed by atoms with van der Waals surface area (Å²) in [6, 6.07) is 69.0. The van der Waals surface area contributed by atoms with E-state index in [1.54, 1.807) is 0 Å². The van der Waals surface area contributed by atoms with E-state index in [9.17, 15) is 0 Å². The Kier molecular flexibility index (Phi) is 30.5. The van der Waals surface area contributed by atoms with E-state index in [4.69, 9.17) is 0 Å². The average molecular weight is 1810 g/mol. The molecule has 0 saturated heterocycles. The van der Waals surface area contributed by atoms with E-state index in [1.165, 1.54) is 243 Å². The molecule has 8 aromatic carbocycles. The van der Waals surface area contributed by atoms with E-state index in [-0.39, 0.29) is 0 Å². The summed E-state index contributed by atoms with van der Waals surface area (Å²) < 4.78 is 14.2. The van der Waals surface area contributed by atoms with Crippen LogP contribution in [-0.4, -0.2) is 0 Å². The van der Waals surface area contributed by atoms with Gasteiger partial charge in [-0.25, -0.2) is 0 Å². The van der Waals surface area contributed by atoms with Gasteiger partial charge in [-0.15, -0.1) is 159 Å². The normalized spacial score (nSPS) is 11.0. The first-order valence-electron chi connectivity index (χ1n) is 41.3. The van der Waals surface area contributed by atoms with Crippen LogP contribution in [0.3, 0.4) is 0 Å². The maximum atomic E-state index is 2.39. The monoisotopic (exact) mass is 1800 g/mol. The molecule has 0 atom stereocenters. The molecule has 118 heavy (non-hydrogen) atoms. The Hall–Kier alpha value is -7.06. The van der Waals surface area contributed by atoms with E-state index in [0.29, 0.717) is 0 Å². The van der Waals surface area contributed by atoms with Gasteiger partial charge in [-0.2, -0.15) is 0 Å². The molecule has 0 unspecified atom stereocenters. The SMILES string of the molecule is CC.CC.CC.CC.CC.CC.Cc1cc2c(ccc3c4cc(C)sc4ccc23)s1.Cc1cc2cc3cc4sc(C)cc4cc3cc2s1.Cc1cc2ccc3c(ccc4cc(C)sc43)c2s1.Cc1ccc(-c2c3cc(C)sc3c(-c3ccc(C)s3)c3cc(C)sc23)s1.Cc1ccc(-c2c3cc(C)sc3c(-c3ccc(C)s3)c3cc(C)sc23)s1. The average Bonchev–Trinajstić information content (AvgIpc) is 1.56. The summed E-state index contributed by atoms with van der Waals surface area (Å²) in [7, 11) is 0. The van der Waals surface area contributed by atoms with Crippen molar-refractivity contribution in [1.82, 2.24) is 0 Å². The largest absolute Gasteiger partial charge is 0.141 e. The van der Waals surface area contributed by atoms with Crippen molar-refractivity contribution in [1.29, 1.82) is 0 Å². The predicted octanol–water partition coefficient (Wildman–Crippen LogP) is 41.4. The summed E-state index contributed by atoms with van der Waals surface area (Å²) >= 11 is 26.7. The van der Waals surface area contributed by atoms with Crippen molar-refractivity contribution in [2.24, 2.45) is 0 Å². The molecular formula is C104H108S14. The molecular weight excluding hydrogens is 1700 g/mol. The van der Waals surface area contributed by atoms with Crippen molar-refractivity contribution in [3.8, 4) is 41.8 Å². The number of hydrogen-bond acceptors (Lipinski definition) is 14. The zero-order valence-electron chi connectivity index (χ0n) is 73.0. The minimum atomic E-state index is 1.36. The van der Waals surface area contributed by atoms with Crippen LogP contribution in [0.4, 0.5) is 0 Å². The molecule has 608 valence electrons. The van der Waals surface area contributed by atoms with Crippen molar-refractivity contribution < 1.29 is 0 Å². The molecule has 0 saturated carbocycles. The van der Waals surface area contributed by atoms with Gasteiger partial charge in [0, 0.05) is 200 Å². The van der Waals surface area contributed by atoms with Crippen molar-refractivity contribution in [3.63, 3.8) is 0 Å². The summed E-state index contributed by atoms with van der Waals surface area (Å²) in [6.07, 6.45) is 0. The second kappa shape index (κ2) is 39.9. The lowest BCUT2D eigenvalue weighted by Crippen LogP contribution is -1.81. The highest BCUT2D eigenvalue weighted by molar-refractivity contribution is 7.26. The third kappa shape index (κ3) is 18.6. The van der Waals surface area contributed by atoms with E-state index in [0.717, 1.165) is 0 Å². The van der Waals surface area contributed by atoms with Crippen LogP contribution in [0, 0.1) is 96.9 Å². The number of rotatable bonds is 4. The standard InChI is InChI=1S/2C22H18S4.3C16H12S2.6C2H6/c2*1-11-5-7-17(23-11)19-15-9-13(3)26-22(15)20(18-8-6-12(2)24-18)16-10-14(4)25-21(16)19;1-9-3-13-5-11-8-16-14(4-10(2)18-16)6-12(11)7-15(13)17-9;1-9-7-13-11-4-6-16-14(8-10(2)18-16)12(11)3-5-15(13)17-9;1-9-7-11-3-5-14-13(15(11)17-9)6-4-12-8-10(2)18-16(12)14;6*1-2/h2*5-10H,1-4H3;3*3-8H,1-2H3;6*1-2H3. The van der Waals surface area contributed by atoms with Gasteiger partial charge in [-0.05, 0) is 286 Å². The number of benzene rings is 8. The molecule has 14 aromatic heterocycles. The molecule has 22 rings (SSSR count). The highest BCUT2D eigenvalue weighted by atomic mass is 32.1. The molecule has 22 aromatic rings. The molecule has 0 amide bonds. The van der Waals surface area contributed by atoms with Gasteiger partial charge in [0.05, 0.1) is 0 Å². The Morgan fingerprint density at radius 2 is 0.364 bits per heavy atom. The highest BCUT2D eigenvalue weighted by Crippen LogP contribution is 2.54. The predicted molar refractivity (Wildman–Crippen MR) is 566 cm³/mol. The molecule has 0 spiro atoms. The fourth-order valence-corrected chi connectivity index (χ4v) is 29.5. The minimum Gasteiger partial charge on any atom is -0.141 e. The van der Waals surface area contributed by atoms with E-state index in [1.807, 2.05) is 242 Å². The molecule has 0 aliphatic rings. The Morgan fingerprint density at radius 3 is 0.644 bits per heavy atom. The fourth-order valence-electron chi connectivity index (χ4n) is 15.2. The zero-order valence-corrected chi connectivity index (χ0v) is 84.5. The van der Waals surface area contributed by atoms with Crippen LogP contribution >= 0.6 is 159 Å². The van der Waals surface area contributed by atoms with Crippen LogP contribution in [0.1, 0.15) is 151 Å². The molecule has 0 fully saturated rings. The van der Waals surface area contributed by atoms with E-state index in [2.05, 4.69) is 279 Å². The van der Waals surface area contributed by atoms with Crippen molar-refractivity contribution in [2.75, 3.05) is 0 Å². The van der Waals surface area contributed by atoms with Gasteiger partial charge in [-0.1, -0.05) is 119 Å². The maximum Gasteiger partial charge on any atom is 0.0445 e. The van der Waals surface area contributed by atoms with Gasteiger partial charge in [-0.3, -0.25) is 0 Å². The lowest BCUT2D eigenvalue weighted by atomic mass is 10.00. The number of hydrogen-bond donors (Lipinski definition) is 0. The Labute approximate surface area is 755 Å². The first-order chi connectivity index (χ1) is 57.1. The first kappa shape index (κ1) is 90.2. The third-order valence-electron chi connectivity index (χ3n) is 19.6. The fraction of sp³-hybridized carbons (Fsp3) is 0.250. The Morgan fingerprint density at radius 1 is 0.136 bits per heavy atom. The minimum absolute atomic E-state index is 1.36. The van der Waals surface area contributed by atoms with Crippen LogP contribution in [0.5, 0.6) is 0 Å². The molecule has 14 heteroatoms. The zero-order chi connectivity index (χ0) is 84.8. The summed E-state index contributed by atoms with van der Waals surface area (Å²) in [6.45, 7) is 54.8. The van der Waals surface area contributed by atoms with Crippen molar-refractivity contribution in [2.45, 2.75) is 180 Å². The van der Waals surface area contributed by atoms with Gasteiger partial charge in [0.25, 0.3) is 0 Å². The second-order valence-electron chi connectivity index (χ2n) is 27.9. The summed E-state index contributed by atoms with van der Waals surface area (Å²) in [5.74, 6) is 0. The number of aryl methyl sites for hydroxylation is 14. The molecule has 0 nitrogen and oxygen atoms in total. The molecule has 0 aliphatic carbocycles. The van der Waals surface area contributed by atoms with Crippen molar-refractivity contribution in [3.05, 3.63) is 250 Å². The Balaban J connectivity index is 0.000000132. The summed E-state index contributed by atoms with van der Waals surface area (Å²) in [5.41, 5.74) is 5.75. The smallest absolute Gasteiger partial charge is 0.0445 e. The number of thiophene rings is 14. The van der Waals surface area contributed by atoms with Crippen molar-refractivity contribution >= 4 is 292 Å². The third-order valence-corrected chi connectivity index (χ3v) is 34.2. The topological polar surface area (TPSA) is 0 Å². The molecule has 0 radical (unpaired) electrons. The number of fused-ring (bicyclic) bond motifs is 17. The quantitative estimate of drug-likeness (QED) is 0.165. The Bertz CT molecular complexity index is 6260. The molecule has 14 heterocycles.